The fourth-order valence-electron chi connectivity index (χ4n) is 1.29. The van der Waals surface area contributed by atoms with Crippen molar-refractivity contribution in [2.24, 2.45) is 0 Å². The molecule has 0 aromatic carbocycles. The molecule has 7 nitrogen and oxygen atoms in total. The average Bonchev–Trinajstić information content (AvgIpc) is 2.95. The average molecular weight is 268 g/mol. The summed E-state index contributed by atoms with van der Waals surface area (Å²) in [7, 11) is 0. The van der Waals surface area contributed by atoms with Crippen LogP contribution in [0.25, 0.3) is 0 Å². The van der Waals surface area contributed by atoms with Crippen LogP contribution in [0.4, 0.5) is 5.00 Å². The second-order valence-electron chi connectivity index (χ2n) is 3.33. The van der Waals surface area contributed by atoms with Gasteiger partial charge in [0.1, 0.15) is 5.00 Å². The summed E-state index contributed by atoms with van der Waals surface area (Å²) in [5.41, 5.74) is 1.86. The van der Waals surface area contributed by atoms with Gasteiger partial charge in [-0.05, 0) is 6.92 Å². The molecular weight excluding hydrogens is 256 g/mol. The van der Waals surface area contributed by atoms with Crippen LogP contribution in [-0.2, 0) is 11.3 Å². The first-order chi connectivity index (χ1) is 8.70. The van der Waals surface area contributed by atoms with Gasteiger partial charge in [0.05, 0.1) is 18.7 Å². The van der Waals surface area contributed by atoms with Gasteiger partial charge < -0.3 is 14.6 Å². The zero-order chi connectivity index (χ0) is 13.0. The summed E-state index contributed by atoms with van der Waals surface area (Å²) in [5, 5.41) is 7.41. The molecule has 0 aliphatic carbocycles. The van der Waals surface area contributed by atoms with E-state index in [-0.39, 0.29) is 5.69 Å². The molecule has 8 heteroatoms. The van der Waals surface area contributed by atoms with Crippen LogP contribution in [0.5, 0.6) is 0 Å². The Morgan fingerprint density at radius 3 is 3.11 bits per heavy atom. The molecule has 1 N–H and O–H groups in total. The Balaban J connectivity index is 2.01. The fourth-order valence-corrected chi connectivity index (χ4v) is 1.96. The second-order valence-corrected chi connectivity index (χ2v) is 4.19. The Labute approximate surface area is 107 Å². The summed E-state index contributed by atoms with van der Waals surface area (Å²) in [6.07, 6.45) is 0. The number of thiazole rings is 1. The number of nitrogens with one attached hydrogen (secondary N) is 1. The first kappa shape index (κ1) is 12.5. The summed E-state index contributed by atoms with van der Waals surface area (Å²) in [6, 6.07) is 0. The van der Waals surface area contributed by atoms with Gasteiger partial charge in [-0.3, -0.25) is 0 Å². The van der Waals surface area contributed by atoms with E-state index in [4.69, 9.17) is 9.26 Å². The van der Waals surface area contributed by atoms with E-state index in [0.29, 0.717) is 29.9 Å². The Bertz CT molecular complexity index is 537. The molecule has 0 unspecified atom stereocenters. The van der Waals surface area contributed by atoms with Crippen molar-refractivity contribution in [3.63, 3.8) is 0 Å². The number of aromatic nitrogens is 3. The molecule has 96 valence electrons. The third-order valence-electron chi connectivity index (χ3n) is 2.01. The molecule has 2 aromatic rings. The summed E-state index contributed by atoms with van der Waals surface area (Å²) in [5.74, 6) is 0.586. The lowest BCUT2D eigenvalue weighted by Gasteiger charge is -2.03. The lowest BCUT2D eigenvalue weighted by molar-refractivity contribution is 0.0521. The standard InChI is InChI=1S/C10H12N4O3S/c1-3-16-10(15)8-9(18-5-12-8)11-4-7-13-6(2)17-14-7/h5,11H,3-4H2,1-2H3. The minimum absolute atomic E-state index is 0.280. The van der Waals surface area contributed by atoms with Crippen LogP contribution >= 0.6 is 11.3 Å². The highest BCUT2D eigenvalue weighted by molar-refractivity contribution is 7.14. The van der Waals surface area contributed by atoms with Crippen molar-refractivity contribution in [3.05, 3.63) is 22.9 Å². The smallest absolute Gasteiger partial charge is 0.360 e. The highest BCUT2D eigenvalue weighted by Crippen LogP contribution is 2.21. The second kappa shape index (κ2) is 5.58. The largest absolute Gasteiger partial charge is 0.461 e. The van der Waals surface area contributed by atoms with Crippen LogP contribution in [0.15, 0.2) is 10.0 Å². The maximum absolute atomic E-state index is 11.6. The van der Waals surface area contributed by atoms with Gasteiger partial charge in [-0.1, -0.05) is 5.16 Å². The van der Waals surface area contributed by atoms with E-state index in [9.17, 15) is 4.79 Å². The number of hydrogen-bond donors (Lipinski definition) is 1. The predicted molar refractivity (Wildman–Crippen MR) is 64.4 cm³/mol. The summed E-state index contributed by atoms with van der Waals surface area (Å²) in [4.78, 5) is 19.6. The van der Waals surface area contributed by atoms with Gasteiger partial charge in [0, 0.05) is 6.92 Å². The van der Waals surface area contributed by atoms with E-state index >= 15 is 0 Å². The molecule has 0 amide bonds. The van der Waals surface area contributed by atoms with Gasteiger partial charge in [0.25, 0.3) is 0 Å². The molecular formula is C10H12N4O3S. The lowest BCUT2D eigenvalue weighted by Crippen LogP contribution is -2.09. The molecule has 0 bridgehead atoms. The van der Waals surface area contributed by atoms with Gasteiger partial charge in [-0.2, -0.15) is 4.98 Å². The molecule has 0 saturated heterocycles. The number of aryl methyl sites for hydroxylation is 1. The van der Waals surface area contributed by atoms with Crippen LogP contribution in [0.1, 0.15) is 29.1 Å². The van der Waals surface area contributed by atoms with Crippen molar-refractivity contribution in [1.82, 2.24) is 15.1 Å². The van der Waals surface area contributed by atoms with Gasteiger partial charge in [0.15, 0.2) is 11.5 Å². The molecule has 0 radical (unpaired) electrons. The predicted octanol–water partition coefficient (Wildman–Crippen LogP) is 1.62. The summed E-state index contributed by atoms with van der Waals surface area (Å²) < 4.78 is 9.74. The minimum Gasteiger partial charge on any atom is -0.461 e. The van der Waals surface area contributed by atoms with E-state index < -0.39 is 5.97 Å². The van der Waals surface area contributed by atoms with Crippen LogP contribution in [-0.4, -0.2) is 27.7 Å². The minimum atomic E-state index is -0.439. The van der Waals surface area contributed by atoms with Crippen molar-refractivity contribution < 1.29 is 14.1 Å². The maximum Gasteiger partial charge on any atom is 0.360 e. The highest BCUT2D eigenvalue weighted by atomic mass is 32.1. The molecule has 0 spiro atoms. The van der Waals surface area contributed by atoms with Crippen molar-refractivity contribution >= 4 is 22.3 Å². The number of carbonyl (C=O) groups excluding carboxylic acids is 1. The third-order valence-corrected chi connectivity index (χ3v) is 2.80. The number of esters is 1. The van der Waals surface area contributed by atoms with Crippen LogP contribution in [0.3, 0.4) is 0 Å². The third kappa shape index (κ3) is 2.83. The molecule has 0 atom stereocenters. The SMILES string of the molecule is CCOC(=O)c1ncsc1NCc1noc(C)n1. The topological polar surface area (TPSA) is 90.1 Å². The first-order valence-corrected chi connectivity index (χ1v) is 6.22. The summed E-state index contributed by atoms with van der Waals surface area (Å²) in [6.45, 7) is 4.15. The van der Waals surface area contributed by atoms with Gasteiger partial charge >= 0.3 is 5.97 Å². The number of anilines is 1. The van der Waals surface area contributed by atoms with Crippen LogP contribution in [0.2, 0.25) is 0 Å². The van der Waals surface area contributed by atoms with Crippen LogP contribution in [0, 0.1) is 6.92 Å². The Morgan fingerprint density at radius 1 is 1.61 bits per heavy atom. The number of ether oxygens (including phenoxy) is 1. The molecule has 0 aliphatic heterocycles. The lowest BCUT2D eigenvalue weighted by atomic mass is 10.4. The van der Waals surface area contributed by atoms with Crippen molar-refractivity contribution in [3.8, 4) is 0 Å². The zero-order valence-electron chi connectivity index (χ0n) is 9.97. The quantitative estimate of drug-likeness (QED) is 0.824. The molecule has 2 heterocycles. The van der Waals surface area contributed by atoms with E-state index in [0.717, 1.165) is 0 Å². The Hall–Kier alpha value is -1.96. The number of carbonyl (C=O) groups is 1. The first-order valence-electron chi connectivity index (χ1n) is 5.34. The van der Waals surface area contributed by atoms with Crippen molar-refractivity contribution in [2.75, 3.05) is 11.9 Å². The molecule has 0 fully saturated rings. The molecule has 18 heavy (non-hydrogen) atoms. The molecule has 0 aliphatic rings. The number of hydrogen-bond acceptors (Lipinski definition) is 8. The highest BCUT2D eigenvalue weighted by Gasteiger charge is 2.16. The summed E-state index contributed by atoms with van der Waals surface area (Å²) >= 11 is 1.32. The number of nitrogens with zero attached hydrogens (tertiary/aromatic N) is 3. The van der Waals surface area contributed by atoms with Crippen molar-refractivity contribution in [2.45, 2.75) is 20.4 Å². The van der Waals surface area contributed by atoms with Gasteiger partial charge in [-0.15, -0.1) is 11.3 Å². The fraction of sp³-hybridized carbons (Fsp3) is 0.400. The number of rotatable bonds is 5. The Morgan fingerprint density at radius 2 is 2.44 bits per heavy atom. The Kier molecular flexibility index (Phi) is 3.88. The van der Waals surface area contributed by atoms with E-state index in [1.54, 1.807) is 19.4 Å². The normalized spacial score (nSPS) is 10.3. The van der Waals surface area contributed by atoms with Crippen molar-refractivity contribution in [1.29, 1.82) is 0 Å². The molecule has 2 rings (SSSR count). The maximum atomic E-state index is 11.6. The van der Waals surface area contributed by atoms with Crippen LogP contribution < -0.4 is 5.32 Å². The van der Waals surface area contributed by atoms with E-state index in [1.165, 1.54) is 11.3 Å². The zero-order valence-corrected chi connectivity index (χ0v) is 10.8. The molecule has 2 aromatic heterocycles. The van der Waals surface area contributed by atoms with Gasteiger partial charge in [0.2, 0.25) is 5.89 Å². The van der Waals surface area contributed by atoms with Gasteiger partial charge in [-0.25, -0.2) is 9.78 Å². The van der Waals surface area contributed by atoms with E-state index in [1.807, 2.05) is 0 Å². The van der Waals surface area contributed by atoms with E-state index in [2.05, 4.69) is 20.4 Å². The monoisotopic (exact) mass is 268 g/mol. The molecule has 0 saturated carbocycles.